The van der Waals surface area contributed by atoms with E-state index in [1.807, 2.05) is 34.7 Å². The number of hydrogen-bond acceptors (Lipinski definition) is 3. The third-order valence-electron chi connectivity index (χ3n) is 2.93. The third kappa shape index (κ3) is 1.78. The predicted octanol–water partition coefficient (Wildman–Crippen LogP) is 2.21. The van der Waals surface area contributed by atoms with Crippen molar-refractivity contribution in [3.05, 3.63) is 60.0 Å². The number of hydrogen-bond donors (Lipinski definition) is 2. The molecule has 0 spiro atoms. The van der Waals surface area contributed by atoms with Crippen LogP contribution in [-0.4, -0.2) is 14.5 Å². The highest BCUT2D eigenvalue weighted by Gasteiger charge is 2.07. The molecule has 90 valence electrons. The van der Waals surface area contributed by atoms with Crippen molar-refractivity contribution in [2.24, 2.45) is 0 Å². The van der Waals surface area contributed by atoms with Crippen molar-refractivity contribution in [3.63, 3.8) is 0 Å². The monoisotopic (exact) mass is 239 g/mol. The molecule has 2 heterocycles. The number of rotatable bonds is 2. The van der Waals surface area contributed by atoms with E-state index in [9.17, 15) is 5.11 Å². The van der Waals surface area contributed by atoms with Gasteiger partial charge in [-0.1, -0.05) is 18.2 Å². The molecule has 0 fully saturated rings. The van der Waals surface area contributed by atoms with Gasteiger partial charge in [0.1, 0.15) is 17.4 Å². The lowest BCUT2D eigenvalue weighted by molar-refractivity contribution is 0.474. The third-order valence-corrected chi connectivity index (χ3v) is 2.93. The first-order chi connectivity index (χ1) is 8.74. The molecule has 3 N–H and O–H groups in total. The lowest BCUT2D eigenvalue weighted by Crippen LogP contribution is -2.01. The number of aromatic hydroxyl groups is 1. The van der Waals surface area contributed by atoms with E-state index in [1.54, 1.807) is 18.3 Å². The molecule has 3 rings (SSSR count). The Balaban J connectivity index is 2.05. The summed E-state index contributed by atoms with van der Waals surface area (Å²) in [7, 11) is 0. The van der Waals surface area contributed by atoms with Crippen LogP contribution < -0.4 is 5.73 Å². The zero-order valence-electron chi connectivity index (χ0n) is 9.74. The second-order valence-corrected chi connectivity index (χ2v) is 4.23. The molecule has 4 heteroatoms. The minimum absolute atomic E-state index is 0.265. The summed E-state index contributed by atoms with van der Waals surface area (Å²) < 4.78 is 1.92. The van der Waals surface area contributed by atoms with Gasteiger partial charge in [0.15, 0.2) is 0 Å². The largest absolute Gasteiger partial charge is 0.508 e. The van der Waals surface area contributed by atoms with Crippen molar-refractivity contribution in [3.8, 4) is 5.75 Å². The van der Waals surface area contributed by atoms with Crippen molar-refractivity contribution in [1.29, 1.82) is 0 Å². The van der Waals surface area contributed by atoms with Crippen LogP contribution in [0.4, 0.5) is 5.82 Å². The zero-order chi connectivity index (χ0) is 12.5. The zero-order valence-corrected chi connectivity index (χ0v) is 9.74. The average Bonchev–Trinajstić information content (AvgIpc) is 2.74. The van der Waals surface area contributed by atoms with E-state index in [-0.39, 0.29) is 5.75 Å². The fourth-order valence-corrected chi connectivity index (χ4v) is 2.11. The first-order valence-electron chi connectivity index (χ1n) is 5.73. The molecular formula is C14H13N3O. The number of fused-ring (bicyclic) bond motifs is 1. The van der Waals surface area contributed by atoms with Gasteiger partial charge >= 0.3 is 0 Å². The van der Waals surface area contributed by atoms with Gasteiger partial charge in [-0.2, -0.15) is 0 Å². The molecule has 0 amide bonds. The molecule has 0 saturated heterocycles. The van der Waals surface area contributed by atoms with Gasteiger partial charge in [0.2, 0.25) is 0 Å². The summed E-state index contributed by atoms with van der Waals surface area (Å²) in [5.74, 6) is 1.80. The van der Waals surface area contributed by atoms with Gasteiger partial charge < -0.3 is 10.8 Å². The SMILES string of the molecule is Nc1cccc2cnc(Cc3cccc(O)c3)n12. The Morgan fingerprint density at radius 3 is 2.83 bits per heavy atom. The van der Waals surface area contributed by atoms with Gasteiger partial charge in [-0.15, -0.1) is 0 Å². The topological polar surface area (TPSA) is 63.5 Å². The van der Waals surface area contributed by atoms with Gasteiger partial charge in [-0.25, -0.2) is 4.98 Å². The molecule has 3 aromatic rings. The van der Waals surface area contributed by atoms with Gasteiger partial charge in [-0.05, 0) is 29.8 Å². The fourth-order valence-electron chi connectivity index (χ4n) is 2.11. The smallest absolute Gasteiger partial charge is 0.119 e. The average molecular weight is 239 g/mol. The highest BCUT2D eigenvalue weighted by molar-refractivity contribution is 5.53. The number of nitrogens with two attached hydrogens (primary N) is 1. The fraction of sp³-hybridized carbons (Fsp3) is 0.0714. The summed E-state index contributed by atoms with van der Waals surface area (Å²) in [6.45, 7) is 0. The molecule has 0 unspecified atom stereocenters. The maximum Gasteiger partial charge on any atom is 0.119 e. The Labute approximate surface area is 104 Å². The first-order valence-corrected chi connectivity index (χ1v) is 5.73. The van der Waals surface area contributed by atoms with Crippen LogP contribution >= 0.6 is 0 Å². The summed E-state index contributed by atoms with van der Waals surface area (Å²) in [6, 6.07) is 12.9. The van der Waals surface area contributed by atoms with Crippen molar-refractivity contribution in [2.75, 3.05) is 5.73 Å². The van der Waals surface area contributed by atoms with Crippen LogP contribution in [0, 0.1) is 0 Å². The van der Waals surface area contributed by atoms with E-state index in [0.29, 0.717) is 12.2 Å². The number of nitrogens with zero attached hydrogens (tertiary/aromatic N) is 2. The van der Waals surface area contributed by atoms with Crippen LogP contribution in [0.2, 0.25) is 0 Å². The van der Waals surface area contributed by atoms with Crippen LogP contribution in [0.1, 0.15) is 11.4 Å². The Morgan fingerprint density at radius 1 is 1.17 bits per heavy atom. The maximum absolute atomic E-state index is 9.46. The lowest BCUT2D eigenvalue weighted by atomic mass is 10.1. The van der Waals surface area contributed by atoms with Crippen molar-refractivity contribution in [1.82, 2.24) is 9.38 Å². The number of aromatic nitrogens is 2. The Hall–Kier alpha value is -2.49. The Morgan fingerprint density at radius 2 is 2.00 bits per heavy atom. The summed E-state index contributed by atoms with van der Waals surface area (Å²) in [6.07, 6.45) is 2.44. The van der Waals surface area contributed by atoms with Gasteiger partial charge in [0.05, 0.1) is 11.7 Å². The van der Waals surface area contributed by atoms with E-state index in [4.69, 9.17) is 5.73 Å². The molecule has 1 aromatic carbocycles. The Bertz CT molecular complexity index is 703. The highest BCUT2D eigenvalue weighted by Crippen LogP contribution is 2.18. The minimum atomic E-state index is 0.265. The van der Waals surface area contributed by atoms with Crippen LogP contribution in [0.25, 0.3) is 5.52 Å². The van der Waals surface area contributed by atoms with Gasteiger partial charge in [0, 0.05) is 6.42 Å². The summed E-state index contributed by atoms with van der Waals surface area (Å²) >= 11 is 0. The normalized spacial score (nSPS) is 10.9. The highest BCUT2D eigenvalue weighted by atomic mass is 16.3. The molecule has 4 nitrogen and oxygen atoms in total. The molecule has 0 saturated carbocycles. The van der Waals surface area contributed by atoms with Crippen LogP contribution in [0.3, 0.4) is 0 Å². The molecule has 0 atom stereocenters. The summed E-state index contributed by atoms with van der Waals surface area (Å²) in [4.78, 5) is 4.38. The molecular weight excluding hydrogens is 226 g/mol. The molecule has 0 aliphatic carbocycles. The van der Waals surface area contributed by atoms with Crippen molar-refractivity contribution in [2.45, 2.75) is 6.42 Å². The van der Waals surface area contributed by atoms with Gasteiger partial charge in [0.25, 0.3) is 0 Å². The van der Waals surface area contributed by atoms with E-state index >= 15 is 0 Å². The molecule has 0 aliphatic rings. The number of benzene rings is 1. The number of imidazole rings is 1. The molecule has 0 bridgehead atoms. The van der Waals surface area contributed by atoms with Gasteiger partial charge in [-0.3, -0.25) is 4.40 Å². The molecule has 0 aliphatic heterocycles. The van der Waals surface area contributed by atoms with E-state index in [0.717, 1.165) is 16.9 Å². The Kier molecular flexibility index (Phi) is 2.41. The van der Waals surface area contributed by atoms with Crippen molar-refractivity contribution >= 4 is 11.3 Å². The molecule has 2 aromatic heterocycles. The van der Waals surface area contributed by atoms with Crippen LogP contribution in [0.15, 0.2) is 48.7 Å². The predicted molar refractivity (Wildman–Crippen MR) is 70.5 cm³/mol. The molecule has 18 heavy (non-hydrogen) atoms. The van der Waals surface area contributed by atoms with Crippen molar-refractivity contribution < 1.29 is 5.11 Å². The quantitative estimate of drug-likeness (QED) is 0.720. The number of nitrogen functional groups attached to an aromatic ring is 1. The molecule has 0 radical (unpaired) electrons. The van der Waals surface area contributed by atoms with E-state index in [2.05, 4.69) is 4.98 Å². The number of phenols is 1. The summed E-state index contributed by atoms with van der Waals surface area (Å²) in [5, 5.41) is 9.46. The standard InChI is InChI=1S/C14H13N3O/c15-13-6-2-4-11-9-16-14(17(11)13)8-10-3-1-5-12(18)7-10/h1-7,9,18H,8,15H2. The second-order valence-electron chi connectivity index (χ2n) is 4.23. The number of anilines is 1. The second kappa shape index (κ2) is 4.07. The maximum atomic E-state index is 9.46. The summed E-state index contributed by atoms with van der Waals surface area (Å²) in [5.41, 5.74) is 7.94. The van der Waals surface area contributed by atoms with Crippen LogP contribution in [0.5, 0.6) is 5.75 Å². The first kappa shape index (κ1) is 10.7. The van der Waals surface area contributed by atoms with E-state index in [1.165, 1.54) is 0 Å². The number of pyridine rings is 1. The minimum Gasteiger partial charge on any atom is -0.508 e. The number of phenolic OH excluding ortho intramolecular Hbond substituents is 1. The van der Waals surface area contributed by atoms with E-state index < -0.39 is 0 Å². The van der Waals surface area contributed by atoms with Crippen LogP contribution in [-0.2, 0) is 6.42 Å². The lowest BCUT2D eigenvalue weighted by Gasteiger charge is -2.05.